The molecular weight excluding hydrogens is 302 g/mol. The van der Waals surface area contributed by atoms with Gasteiger partial charge in [-0.1, -0.05) is 12.1 Å². The number of rotatable bonds is 4. The molecule has 0 radical (unpaired) electrons. The van der Waals surface area contributed by atoms with Crippen LogP contribution in [-0.2, 0) is 9.30 Å². The highest BCUT2D eigenvalue weighted by atomic mass is 35.9. The molecule has 0 aliphatic carbocycles. The van der Waals surface area contributed by atoms with Crippen LogP contribution in [0.25, 0.3) is 0 Å². The van der Waals surface area contributed by atoms with Crippen LogP contribution in [0.15, 0.2) is 24.3 Å². The van der Waals surface area contributed by atoms with Gasteiger partial charge in [0.15, 0.2) is 0 Å². The normalized spacial score (nSPS) is 10.8. The lowest BCUT2D eigenvalue weighted by molar-refractivity contribution is 0.0523. The Labute approximate surface area is 113 Å². The van der Waals surface area contributed by atoms with E-state index in [1.165, 1.54) is 18.2 Å². The number of para-hydroxylation sites is 1. The fourth-order valence-corrected chi connectivity index (χ4v) is 1.49. The molecular formula is C10H9Cl2O5P. The average molecular weight is 311 g/mol. The van der Waals surface area contributed by atoms with E-state index in [-0.39, 0.29) is 17.9 Å². The fourth-order valence-electron chi connectivity index (χ4n) is 1.08. The van der Waals surface area contributed by atoms with Crippen molar-refractivity contribution < 1.29 is 23.6 Å². The zero-order valence-electron chi connectivity index (χ0n) is 9.26. The first kappa shape index (κ1) is 15.0. The largest absolute Gasteiger partial charge is 0.462 e. The summed E-state index contributed by atoms with van der Waals surface area (Å²) in [5, 5.41) is 0. The van der Waals surface area contributed by atoms with E-state index in [1.54, 1.807) is 13.0 Å². The lowest BCUT2D eigenvalue weighted by atomic mass is 10.2. The van der Waals surface area contributed by atoms with Crippen molar-refractivity contribution in [1.82, 2.24) is 0 Å². The lowest BCUT2D eigenvalue weighted by Gasteiger charge is -2.09. The highest BCUT2D eigenvalue weighted by molar-refractivity contribution is 8.18. The van der Waals surface area contributed by atoms with Crippen molar-refractivity contribution in [2.45, 2.75) is 6.92 Å². The lowest BCUT2D eigenvalue weighted by Crippen LogP contribution is -2.09. The molecule has 0 saturated carbocycles. The number of hydrogen-bond acceptors (Lipinski definition) is 5. The van der Waals surface area contributed by atoms with Crippen molar-refractivity contribution in [3.05, 3.63) is 29.8 Å². The van der Waals surface area contributed by atoms with Gasteiger partial charge >= 0.3 is 17.5 Å². The van der Waals surface area contributed by atoms with E-state index < -0.39 is 17.5 Å². The van der Waals surface area contributed by atoms with Gasteiger partial charge in [-0.05, 0) is 41.5 Å². The molecule has 0 aromatic heterocycles. The summed E-state index contributed by atoms with van der Waals surface area (Å²) in [6.45, 7) is 1.81. The van der Waals surface area contributed by atoms with Gasteiger partial charge in [0.25, 0.3) is 0 Å². The molecule has 5 nitrogen and oxygen atoms in total. The van der Waals surface area contributed by atoms with Gasteiger partial charge < -0.3 is 9.47 Å². The van der Waals surface area contributed by atoms with Gasteiger partial charge in [-0.15, -0.1) is 0 Å². The Morgan fingerprint density at radius 3 is 2.44 bits per heavy atom. The smallest absolute Gasteiger partial charge is 0.400 e. The molecule has 1 aromatic rings. The van der Waals surface area contributed by atoms with Crippen molar-refractivity contribution in [1.29, 1.82) is 0 Å². The van der Waals surface area contributed by atoms with Crippen LogP contribution in [-0.4, -0.2) is 18.3 Å². The van der Waals surface area contributed by atoms with Gasteiger partial charge in [-0.3, -0.25) is 4.57 Å². The average Bonchev–Trinajstić information content (AvgIpc) is 2.28. The van der Waals surface area contributed by atoms with Gasteiger partial charge in [0.2, 0.25) is 0 Å². The second-order valence-electron chi connectivity index (χ2n) is 3.05. The Morgan fingerprint density at radius 1 is 1.28 bits per heavy atom. The van der Waals surface area contributed by atoms with Crippen molar-refractivity contribution in [2.24, 2.45) is 0 Å². The Bertz CT molecular complexity index is 511. The highest BCUT2D eigenvalue weighted by Gasteiger charge is 2.30. The topological polar surface area (TPSA) is 69.7 Å². The number of carbonyl (C=O) groups excluding carboxylic acids is 2. The third-order valence-corrected chi connectivity index (χ3v) is 3.14. The minimum absolute atomic E-state index is 0.0227. The molecule has 98 valence electrons. The first-order chi connectivity index (χ1) is 8.36. The quantitative estimate of drug-likeness (QED) is 0.620. The SMILES string of the molecule is CCOC(=O)c1ccccc1OC(=O)P(=O)(Cl)Cl. The molecule has 18 heavy (non-hydrogen) atoms. The van der Waals surface area contributed by atoms with Gasteiger partial charge in [-0.25, -0.2) is 9.59 Å². The summed E-state index contributed by atoms with van der Waals surface area (Å²) in [4.78, 5) is 22.8. The molecule has 0 aliphatic rings. The minimum atomic E-state index is -4.06. The summed E-state index contributed by atoms with van der Waals surface area (Å²) >= 11 is 10.3. The molecule has 8 heteroatoms. The molecule has 0 saturated heterocycles. The molecule has 0 aliphatic heterocycles. The van der Waals surface area contributed by atoms with Crippen LogP contribution < -0.4 is 4.74 Å². The molecule has 0 N–H and O–H groups in total. The number of benzene rings is 1. The van der Waals surface area contributed by atoms with Crippen LogP contribution in [0, 0.1) is 0 Å². The van der Waals surface area contributed by atoms with E-state index in [0.717, 1.165) is 0 Å². The summed E-state index contributed by atoms with van der Waals surface area (Å²) in [5.74, 6) is -4.83. The molecule has 0 spiro atoms. The number of hydrogen-bond donors (Lipinski definition) is 0. The third kappa shape index (κ3) is 4.02. The predicted molar refractivity (Wildman–Crippen MR) is 67.7 cm³/mol. The zero-order valence-corrected chi connectivity index (χ0v) is 11.7. The Kier molecular flexibility index (Phi) is 5.20. The minimum Gasteiger partial charge on any atom is -0.462 e. The number of halogens is 2. The molecule has 0 bridgehead atoms. The summed E-state index contributed by atoms with van der Waals surface area (Å²) in [7, 11) is 0. The van der Waals surface area contributed by atoms with Crippen molar-refractivity contribution in [3.63, 3.8) is 0 Å². The molecule has 0 unspecified atom stereocenters. The molecule has 0 fully saturated rings. The van der Waals surface area contributed by atoms with E-state index in [4.69, 9.17) is 32.0 Å². The van der Waals surface area contributed by atoms with Gasteiger partial charge in [0.1, 0.15) is 11.3 Å². The Hall–Kier alpha value is -1.03. The van der Waals surface area contributed by atoms with Crippen LogP contribution in [0.1, 0.15) is 17.3 Å². The van der Waals surface area contributed by atoms with E-state index in [9.17, 15) is 14.2 Å². The standard InChI is InChI=1S/C10H9Cl2O5P/c1-2-16-9(13)7-5-3-4-6-8(7)17-10(14)18(11,12)15/h3-6H,2H2,1H3. The summed E-state index contributed by atoms with van der Waals surface area (Å²) in [6.07, 6.45) is 0. The second-order valence-corrected chi connectivity index (χ2v) is 7.71. The maximum atomic E-state index is 11.5. The molecule has 0 heterocycles. The van der Waals surface area contributed by atoms with Crippen molar-refractivity contribution in [2.75, 3.05) is 6.61 Å². The number of esters is 1. The van der Waals surface area contributed by atoms with Crippen LogP contribution in [0.5, 0.6) is 5.75 Å². The number of carbonyl (C=O) groups is 2. The van der Waals surface area contributed by atoms with Gasteiger partial charge in [0.05, 0.1) is 6.61 Å². The zero-order chi connectivity index (χ0) is 13.8. The highest BCUT2D eigenvalue weighted by Crippen LogP contribution is 2.58. The monoisotopic (exact) mass is 310 g/mol. The Morgan fingerprint density at radius 2 is 1.89 bits per heavy atom. The van der Waals surface area contributed by atoms with E-state index in [1.807, 2.05) is 0 Å². The molecule has 1 rings (SSSR count). The van der Waals surface area contributed by atoms with E-state index in [2.05, 4.69) is 0 Å². The van der Waals surface area contributed by atoms with E-state index >= 15 is 0 Å². The van der Waals surface area contributed by atoms with Crippen LogP contribution in [0.4, 0.5) is 4.79 Å². The second kappa shape index (κ2) is 6.23. The van der Waals surface area contributed by atoms with Crippen LogP contribution in [0.3, 0.4) is 0 Å². The molecule has 0 atom stereocenters. The maximum absolute atomic E-state index is 11.5. The summed E-state index contributed by atoms with van der Waals surface area (Å²) in [6, 6.07) is 5.82. The molecule has 0 amide bonds. The van der Waals surface area contributed by atoms with Gasteiger partial charge in [-0.2, -0.15) is 0 Å². The summed E-state index contributed by atoms with van der Waals surface area (Å²) in [5.41, 5.74) is -1.28. The fraction of sp³-hybridized carbons (Fsp3) is 0.200. The summed E-state index contributed by atoms with van der Waals surface area (Å²) < 4.78 is 20.5. The van der Waals surface area contributed by atoms with Crippen molar-refractivity contribution in [3.8, 4) is 5.75 Å². The third-order valence-electron chi connectivity index (χ3n) is 1.79. The van der Waals surface area contributed by atoms with Crippen molar-refractivity contribution >= 4 is 40.0 Å². The molecule has 1 aromatic carbocycles. The first-order valence-corrected chi connectivity index (χ1v) is 8.35. The van der Waals surface area contributed by atoms with Crippen LogP contribution in [0.2, 0.25) is 0 Å². The predicted octanol–water partition coefficient (Wildman–Crippen LogP) is 4.03. The first-order valence-electron chi connectivity index (χ1n) is 4.84. The number of ether oxygens (including phenoxy) is 2. The maximum Gasteiger partial charge on any atom is 0.400 e. The van der Waals surface area contributed by atoms with Gasteiger partial charge in [0, 0.05) is 0 Å². The van der Waals surface area contributed by atoms with E-state index in [0.29, 0.717) is 0 Å². The Balaban J connectivity index is 3.00. The van der Waals surface area contributed by atoms with Crippen LogP contribution >= 0.6 is 28.3 Å².